The molecule has 0 N–H and O–H groups in total. The third kappa shape index (κ3) is 6.74. The number of hydrogen-bond acceptors (Lipinski definition) is 6. The van der Waals surface area contributed by atoms with E-state index in [4.69, 9.17) is 0 Å². The van der Waals surface area contributed by atoms with Gasteiger partial charge in [-0.2, -0.15) is 0 Å². The van der Waals surface area contributed by atoms with Crippen LogP contribution in [0.4, 0.5) is 5.69 Å². The second kappa shape index (κ2) is 12.1. The van der Waals surface area contributed by atoms with Crippen LogP contribution in [0, 0.1) is 33.8 Å². The molecule has 2 aliphatic heterocycles. The second-order valence-corrected chi connectivity index (χ2v) is 9.52. The second-order valence-electron chi connectivity index (χ2n) is 8.58. The molecule has 2 aromatic rings. The first-order valence-electron chi connectivity index (χ1n) is 11.8. The van der Waals surface area contributed by atoms with Gasteiger partial charge >= 0.3 is 0 Å². The predicted octanol–water partition coefficient (Wildman–Crippen LogP) is 4.02. The Labute approximate surface area is 200 Å². The number of fused-ring (bicyclic) bond motifs is 1. The van der Waals surface area contributed by atoms with Crippen LogP contribution in [0.2, 0.25) is 0 Å². The predicted molar refractivity (Wildman–Crippen MR) is 133 cm³/mol. The van der Waals surface area contributed by atoms with Gasteiger partial charge in [0.15, 0.2) is 5.16 Å². The summed E-state index contributed by atoms with van der Waals surface area (Å²) in [4.78, 5) is 20.3. The van der Waals surface area contributed by atoms with Gasteiger partial charge in [-0.1, -0.05) is 48.3 Å². The first kappa shape index (κ1) is 23.6. The number of aromatic nitrogens is 2. The number of piperidine rings is 2. The van der Waals surface area contributed by atoms with Crippen LogP contribution >= 0.6 is 11.8 Å². The molecule has 7 nitrogen and oxygen atoms in total. The number of thioether (sulfide) groups is 1. The summed E-state index contributed by atoms with van der Waals surface area (Å²) in [5.74, 6) is 13.8. The van der Waals surface area contributed by atoms with Gasteiger partial charge in [-0.05, 0) is 57.9 Å². The SMILES string of the molecule is O=[N+]([O-])c1ccc2c(c1)nc(SCC#CCN1CCCCC1)n2CC#CCN1CCCCC1. The summed E-state index contributed by atoms with van der Waals surface area (Å²) in [6, 6.07) is 4.85. The average molecular weight is 466 g/mol. The van der Waals surface area contributed by atoms with E-state index in [1.165, 1.54) is 44.6 Å². The van der Waals surface area contributed by atoms with E-state index in [0.29, 0.717) is 17.8 Å². The molecule has 0 spiro atoms. The number of hydrogen-bond donors (Lipinski definition) is 0. The minimum atomic E-state index is -0.379. The topological polar surface area (TPSA) is 67.4 Å². The zero-order valence-corrected chi connectivity index (χ0v) is 19.9. The summed E-state index contributed by atoms with van der Waals surface area (Å²) in [5.41, 5.74) is 1.56. The number of likely N-dealkylation sites (tertiary alicyclic amines) is 2. The molecule has 0 amide bonds. The van der Waals surface area contributed by atoms with Crippen molar-refractivity contribution in [1.29, 1.82) is 0 Å². The minimum Gasteiger partial charge on any atom is -0.307 e. The monoisotopic (exact) mass is 465 g/mol. The Bertz CT molecular complexity index is 1080. The number of nitrogens with zero attached hydrogens (tertiary/aromatic N) is 5. The lowest BCUT2D eigenvalue weighted by molar-refractivity contribution is -0.384. The van der Waals surface area contributed by atoms with E-state index in [1.807, 2.05) is 0 Å². The summed E-state index contributed by atoms with van der Waals surface area (Å²) >= 11 is 1.57. The highest BCUT2D eigenvalue weighted by atomic mass is 32.2. The van der Waals surface area contributed by atoms with Gasteiger partial charge in [0, 0.05) is 12.1 Å². The minimum absolute atomic E-state index is 0.0567. The molecule has 1 aromatic heterocycles. The normalized spacial score (nSPS) is 17.2. The molecule has 0 bridgehead atoms. The van der Waals surface area contributed by atoms with E-state index in [9.17, 15) is 10.1 Å². The molecule has 2 saturated heterocycles. The van der Waals surface area contributed by atoms with Crippen LogP contribution < -0.4 is 0 Å². The quantitative estimate of drug-likeness (QED) is 0.278. The lowest BCUT2D eigenvalue weighted by Crippen LogP contribution is -2.29. The Hall–Kier alpha value is -2.52. The van der Waals surface area contributed by atoms with Crippen molar-refractivity contribution in [3.8, 4) is 23.7 Å². The number of non-ortho nitro benzene ring substituents is 1. The van der Waals surface area contributed by atoms with E-state index in [-0.39, 0.29) is 10.6 Å². The van der Waals surface area contributed by atoms with Gasteiger partial charge in [0.1, 0.15) is 0 Å². The average Bonchev–Trinajstić information content (AvgIpc) is 3.19. The molecule has 2 aliphatic rings. The van der Waals surface area contributed by atoms with E-state index < -0.39 is 0 Å². The summed E-state index contributed by atoms with van der Waals surface area (Å²) < 4.78 is 2.05. The molecule has 1 aromatic carbocycles. The molecule has 33 heavy (non-hydrogen) atoms. The fourth-order valence-electron chi connectivity index (χ4n) is 4.33. The molecule has 0 atom stereocenters. The zero-order chi connectivity index (χ0) is 22.9. The molecule has 0 radical (unpaired) electrons. The first-order valence-corrected chi connectivity index (χ1v) is 12.8. The number of nitro benzene ring substituents is 1. The van der Waals surface area contributed by atoms with Gasteiger partial charge in [0.25, 0.3) is 5.69 Å². The van der Waals surface area contributed by atoms with E-state index in [1.54, 1.807) is 23.9 Å². The molecule has 3 heterocycles. The van der Waals surface area contributed by atoms with Crippen LogP contribution in [-0.2, 0) is 6.54 Å². The Kier molecular flexibility index (Phi) is 8.65. The maximum absolute atomic E-state index is 11.2. The van der Waals surface area contributed by atoms with Crippen molar-refractivity contribution in [1.82, 2.24) is 19.4 Å². The van der Waals surface area contributed by atoms with Crippen LogP contribution in [-0.4, -0.2) is 69.3 Å². The molecule has 2 fully saturated rings. The van der Waals surface area contributed by atoms with Crippen molar-refractivity contribution in [3.63, 3.8) is 0 Å². The van der Waals surface area contributed by atoms with Gasteiger partial charge in [-0.3, -0.25) is 19.9 Å². The smallest absolute Gasteiger partial charge is 0.271 e. The van der Waals surface area contributed by atoms with Crippen molar-refractivity contribution in [2.45, 2.75) is 50.2 Å². The molecule has 174 valence electrons. The molecule has 0 saturated carbocycles. The molecule has 0 aliphatic carbocycles. The lowest BCUT2D eigenvalue weighted by Gasteiger charge is -2.23. The maximum Gasteiger partial charge on any atom is 0.271 e. The van der Waals surface area contributed by atoms with Crippen molar-refractivity contribution >= 4 is 28.5 Å². The standard InChI is InChI=1S/C25H31N5O2S/c31-30(32)22-11-12-24-23(21-22)26-25(33-20-10-9-18-28-15-5-2-6-16-28)29(24)19-8-7-17-27-13-3-1-4-14-27/h11-12,21H,1-6,13-20H2. The lowest BCUT2D eigenvalue weighted by atomic mass is 10.1. The number of imidazole rings is 1. The number of rotatable bonds is 6. The van der Waals surface area contributed by atoms with E-state index in [0.717, 1.165) is 49.9 Å². The Morgan fingerprint density at radius 3 is 2.12 bits per heavy atom. The van der Waals surface area contributed by atoms with Crippen molar-refractivity contribution in [3.05, 3.63) is 28.3 Å². The first-order chi connectivity index (χ1) is 16.2. The molecule has 8 heteroatoms. The molecular formula is C25H31N5O2S. The van der Waals surface area contributed by atoms with E-state index in [2.05, 4.69) is 43.0 Å². The number of benzene rings is 1. The van der Waals surface area contributed by atoms with Gasteiger partial charge in [-0.15, -0.1) is 0 Å². The van der Waals surface area contributed by atoms with Gasteiger partial charge in [-0.25, -0.2) is 4.98 Å². The van der Waals surface area contributed by atoms with Crippen LogP contribution in [0.5, 0.6) is 0 Å². The Balaban J connectivity index is 1.43. The molecule has 0 unspecified atom stereocenters. The van der Waals surface area contributed by atoms with Gasteiger partial charge in [0.05, 0.1) is 41.3 Å². The summed E-state index contributed by atoms with van der Waals surface area (Å²) in [6.45, 7) is 6.69. The fourth-order valence-corrected chi connectivity index (χ4v) is 5.11. The van der Waals surface area contributed by atoms with Crippen LogP contribution in [0.3, 0.4) is 0 Å². The van der Waals surface area contributed by atoms with Crippen molar-refractivity contribution < 1.29 is 4.92 Å². The summed E-state index contributed by atoms with van der Waals surface area (Å²) in [6.07, 6.45) is 7.70. The maximum atomic E-state index is 11.2. The number of nitro groups is 1. The van der Waals surface area contributed by atoms with Crippen LogP contribution in [0.25, 0.3) is 11.0 Å². The van der Waals surface area contributed by atoms with Crippen molar-refractivity contribution in [2.75, 3.05) is 45.0 Å². The van der Waals surface area contributed by atoms with Crippen molar-refractivity contribution in [2.24, 2.45) is 0 Å². The van der Waals surface area contributed by atoms with Crippen LogP contribution in [0.1, 0.15) is 38.5 Å². The molecule has 4 rings (SSSR count). The third-order valence-corrected chi connectivity index (χ3v) is 7.03. The summed E-state index contributed by atoms with van der Waals surface area (Å²) in [5, 5.41) is 12.0. The molecular weight excluding hydrogens is 434 g/mol. The Morgan fingerprint density at radius 1 is 0.879 bits per heavy atom. The highest BCUT2D eigenvalue weighted by Gasteiger charge is 2.15. The highest BCUT2D eigenvalue weighted by molar-refractivity contribution is 7.99. The summed E-state index contributed by atoms with van der Waals surface area (Å²) in [7, 11) is 0. The fraction of sp³-hybridized carbons (Fsp3) is 0.560. The van der Waals surface area contributed by atoms with E-state index >= 15 is 0 Å². The highest BCUT2D eigenvalue weighted by Crippen LogP contribution is 2.26. The van der Waals surface area contributed by atoms with Gasteiger partial charge in [0.2, 0.25) is 0 Å². The third-order valence-electron chi connectivity index (χ3n) is 6.17. The van der Waals surface area contributed by atoms with Crippen LogP contribution in [0.15, 0.2) is 23.4 Å². The Morgan fingerprint density at radius 2 is 1.48 bits per heavy atom. The van der Waals surface area contributed by atoms with Gasteiger partial charge < -0.3 is 4.57 Å². The largest absolute Gasteiger partial charge is 0.307 e. The zero-order valence-electron chi connectivity index (χ0n) is 19.1.